The SMILES string of the molecule is CC[C@H]1C[C@@H](n2c(=O)nc(-c3cnn(C)c3)c3oc4ncc(-c5cn(C)cn5)cc4c32)C[C@@H](C)O1. The van der Waals surface area contributed by atoms with E-state index in [0.29, 0.717) is 22.5 Å². The van der Waals surface area contributed by atoms with Crippen molar-refractivity contribution in [3.05, 3.63) is 47.7 Å². The van der Waals surface area contributed by atoms with Crippen molar-refractivity contribution in [2.45, 2.75) is 51.4 Å². The van der Waals surface area contributed by atoms with E-state index in [-0.39, 0.29) is 23.9 Å². The minimum Gasteiger partial charge on any atom is -0.434 e. The van der Waals surface area contributed by atoms with Crippen molar-refractivity contribution in [3.8, 4) is 22.5 Å². The fourth-order valence-corrected chi connectivity index (χ4v) is 5.14. The number of aryl methyl sites for hydroxylation is 2. The maximum atomic E-state index is 13.6. The topological polar surface area (TPSA) is 106 Å². The van der Waals surface area contributed by atoms with Gasteiger partial charge < -0.3 is 13.7 Å². The van der Waals surface area contributed by atoms with E-state index in [1.54, 1.807) is 28.0 Å². The molecule has 0 spiro atoms. The molecule has 10 nitrogen and oxygen atoms in total. The van der Waals surface area contributed by atoms with Crippen LogP contribution in [0.2, 0.25) is 0 Å². The molecule has 35 heavy (non-hydrogen) atoms. The van der Waals surface area contributed by atoms with Crippen LogP contribution in [0.25, 0.3) is 44.7 Å². The molecule has 5 aromatic heterocycles. The van der Waals surface area contributed by atoms with Crippen LogP contribution in [-0.4, -0.2) is 46.1 Å². The molecule has 0 N–H and O–H groups in total. The standard InChI is InChI=1S/C25H27N7O3/c1-5-18-8-17(6-14(2)34-18)32-22-19-7-15(20-12-30(3)13-27-20)9-26-24(19)35-23(22)21(29-25(32)33)16-10-28-31(4)11-16/h7,9-14,17-18H,5-6,8H2,1-4H3/t14-,17+,18+/m1/s1. The number of hydrogen-bond acceptors (Lipinski definition) is 7. The summed E-state index contributed by atoms with van der Waals surface area (Å²) in [5.74, 6) is 0. The van der Waals surface area contributed by atoms with Gasteiger partial charge >= 0.3 is 5.69 Å². The minimum absolute atomic E-state index is 0.0408. The zero-order valence-electron chi connectivity index (χ0n) is 20.2. The molecule has 0 bridgehead atoms. The number of rotatable bonds is 4. The molecule has 1 aliphatic heterocycles. The second kappa shape index (κ2) is 8.16. The Kier molecular flexibility index (Phi) is 5.06. The number of nitrogens with zero attached hydrogens (tertiary/aromatic N) is 7. The summed E-state index contributed by atoms with van der Waals surface area (Å²) in [7, 11) is 3.76. The number of ether oxygens (including phenoxy) is 1. The molecule has 1 fully saturated rings. The summed E-state index contributed by atoms with van der Waals surface area (Å²) in [5, 5.41) is 5.03. The molecule has 0 amide bonds. The molecule has 1 aliphatic rings. The quantitative estimate of drug-likeness (QED) is 0.390. The lowest BCUT2D eigenvalue weighted by molar-refractivity contribution is -0.0594. The number of aromatic nitrogens is 7. The summed E-state index contributed by atoms with van der Waals surface area (Å²) in [6, 6.07) is 1.94. The number of hydrogen-bond donors (Lipinski definition) is 0. The van der Waals surface area contributed by atoms with Crippen molar-refractivity contribution in [2.24, 2.45) is 14.1 Å². The van der Waals surface area contributed by atoms with Crippen molar-refractivity contribution >= 4 is 22.2 Å². The lowest BCUT2D eigenvalue weighted by atomic mass is 9.97. The first-order chi connectivity index (χ1) is 16.9. The van der Waals surface area contributed by atoms with Crippen LogP contribution in [0.4, 0.5) is 0 Å². The number of imidazole rings is 1. The molecule has 6 heterocycles. The fraction of sp³-hybridized carbons (Fsp3) is 0.400. The highest BCUT2D eigenvalue weighted by molar-refractivity contribution is 6.06. The molecule has 3 atom stereocenters. The summed E-state index contributed by atoms with van der Waals surface area (Å²) < 4.78 is 17.7. The third-order valence-electron chi connectivity index (χ3n) is 6.75. The van der Waals surface area contributed by atoms with Gasteiger partial charge in [-0.25, -0.2) is 14.8 Å². The van der Waals surface area contributed by atoms with Crippen LogP contribution in [0, 0.1) is 0 Å². The predicted molar refractivity (Wildman–Crippen MR) is 131 cm³/mol. The van der Waals surface area contributed by atoms with Gasteiger partial charge in [-0.05, 0) is 32.3 Å². The van der Waals surface area contributed by atoms with Crippen molar-refractivity contribution in [2.75, 3.05) is 0 Å². The Balaban J connectivity index is 1.65. The van der Waals surface area contributed by atoms with Crippen LogP contribution in [0.15, 0.2) is 46.4 Å². The van der Waals surface area contributed by atoms with Crippen molar-refractivity contribution in [3.63, 3.8) is 0 Å². The maximum absolute atomic E-state index is 13.6. The van der Waals surface area contributed by atoms with Crippen LogP contribution in [0.1, 0.15) is 39.2 Å². The Labute approximate surface area is 201 Å². The van der Waals surface area contributed by atoms with Gasteiger partial charge in [0.25, 0.3) is 0 Å². The van der Waals surface area contributed by atoms with Crippen LogP contribution in [-0.2, 0) is 18.8 Å². The summed E-state index contributed by atoms with van der Waals surface area (Å²) in [6.07, 6.45) is 11.4. The van der Waals surface area contributed by atoms with Gasteiger partial charge in [0.15, 0.2) is 5.58 Å². The van der Waals surface area contributed by atoms with Crippen LogP contribution in [0.5, 0.6) is 0 Å². The van der Waals surface area contributed by atoms with E-state index in [4.69, 9.17) is 9.15 Å². The highest BCUT2D eigenvalue weighted by Gasteiger charge is 2.31. The fourth-order valence-electron chi connectivity index (χ4n) is 5.14. The second-order valence-corrected chi connectivity index (χ2v) is 9.40. The normalized spacial score (nSPS) is 20.7. The Bertz CT molecular complexity index is 1610. The third kappa shape index (κ3) is 3.65. The highest BCUT2D eigenvalue weighted by atomic mass is 16.5. The van der Waals surface area contributed by atoms with E-state index >= 15 is 0 Å². The van der Waals surface area contributed by atoms with Gasteiger partial charge in [-0.2, -0.15) is 10.1 Å². The molecule has 10 heteroatoms. The van der Waals surface area contributed by atoms with E-state index in [0.717, 1.165) is 41.5 Å². The van der Waals surface area contributed by atoms with Gasteiger partial charge in [0.05, 0.1) is 35.8 Å². The van der Waals surface area contributed by atoms with Crippen LogP contribution >= 0.6 is 0 Å². The summed E-state index contributed by atoms with van der Waals surface area (Å²) >= 11 is 0. The third-order valence-corrected chi connectivity index (χ3v) is 6.75. The molecule has 0 radical (unpaired) electrons. The molecular weight excluding hydrogens is 446 g/mol. The molecular formula is C25H27N7O3. The van der Waals surface area contributed by atoms with Crippen molar-refractivity contribution < 1.29 is 9.15 Å². The molecule has 5 aromatic rings. The van der Waals surface area contributed by atoms with E-state index in [9.17, 15) is 4.79 Å². The van der Waals surface area contributed by atoms with E-state index in [1.165, 1.54) is 0 Å². The number of furan rings is 1. The first kappa shape index (κ1) is 21.7. The average Bonchev–Trinajstić information content (AvgIpc) is 3.56. The van der Waals surface area contributed by atoms with Crippen molar-refractivity contribution in [1.29, 1.82) is 0 Å². The van der Waals surface area contributed by atoms with Gasteiger partial charge in [0, 0.05) is 49.9 Å². The Morgan fingerprint density at radius 1 is 1.11 bits per heavy atom. The predicted octanol–water partition coefficient (Wildman–Crippen LogP) is 3.86. The average molecular weight is 474 g/mol. The summed E-state index contributed by atoms with van der Waals surface area (Å²) in [6.45, 7) is 4.17. The minimum atomic E-state index is -0.309. The van der Waals surface area contributed by atoms with E-state index in [1.807, 2.05) is 37.1 Å². The molecule has 6 rings (SSSR count). The highest BCUT2D eigenvalue weighted by Crippen LogP contribution is 2.38. The maximum Gasteiger partial charge on any atom is 0.349 e. The molecule has 1 saturated heterocycles. The smallest absolute Gasteiger partial charge is 0.349 e. The van der Waals surface area contributed by atoms with Gasteiger partial charge in [0.2, 0.25) is 5.71 Å². The number of fused-ring (bicyclic) bond motifs is 3. The van der Waals surface area contributed by atoms with Gasteiger partial charge in [0.1, 0.15) is 11.2 Å². The second-order valence-electron chi connectivity index (χ2n) is 9.40. The van der Waals surface area contributed by atoms with E-state index in [2.05, 4.69) is 33.9 Å². The van der Waals surface area contributed by atoms with Gasteiger partial charge in [-0.1, -0.05) is 6.92 Å². The van der Waals surface area contributed by atoms with E-state index < -0.39 is 0 Å². The lowest BCUT2D eigenvalue weighted by Gasteiger charge is -2.34. The summed E-state index contributed by atoms with van der Waals surface area (Å²) in [5.41, 5.74) is 4.23. The molecule has 0 unspecified atom stereocenters. The molecule has 0 aromatic carbocycles. The largest absolute Gasteiger partial charge is 0.434 e. The van der Waals surface area contributed by atoms with Gasteiger partial charge in [-0.15, -0.1) is 0 Å². The Morgan fingerprint density at radius 2 is 1.97 bits per heavy atom. The molecule has 180 valence electrons. The summed E-state index contributed by atoms with van der Waals surface area (Å²) in [4.78, 5) is 27.2. The monoisotopic (exact) mass is 473 g/mol. The first-order valence-electron chi connectivity index (χ1n) is 11.9. The van der Waals surface area contributed by atoms with Crippen LogP contribution in [0.3, 0.4) is 0 Å². The zero-order chi connectivity index (χ0) is 24.3. The molecule has 0 saturated carbocycles. The zero-order valence-corrected chi connectivity index (χ0v) is 20.2. The van der Waals surface area contributed by atoms with Gasteiger partial charge in [-0.3, -0.25) is 9.25 Å². The number of pyridine rings is 1. The Hall–Kier alpha value is -3.79. The Morgan fingerprint density at radius 3 is 2.69 bits per heavy atom. The van der Waals surface area contributed by atoms with Crippen LogP contribution < -0.4 is 5.69 Å². The first-order valence-corrected chi connectivity index (χ1v) is 11.9. The lowest BCUT2D eigenvalue weighted by Crippen LogP contribution is -2.37. The molecule has 0 aliphatic carbocycles. The van der Waals surface area contributed by atoms with Crippen molar-refractivity contribution in [1.82, 2.24) is 33.9 Å².